The van der Waals surface area contributed by atoms with Gasteiger partial charge in [-0.25, -0.2) is 17.5 Å². The van der Waals surface area contributed by atoms with Crippen LogP contribution in [0.25, 0.3) is 22.2 Å². The van der Waals surface area contributed by atoms with Gasteiger partial charge in [-0.15, -0.1) is 0 Å². The number of carbonyl (C=O) groups excluding carboxylic acids is 3. The molecule has 6 rings (SSSR count). The molecule has 0 saturated heterocycles. The first kappa shape index (κ1) is 37.2. The molecular formula is C40H37N5O8S. The van der Waals surface area contributed by atoms with Crippen molar-refractivity contribution >= 4 is 44.6 Å². The van der Waals surface area contributed by atoms with Crippen LogP contribution in [-0.4, -0.2) is 75.7 Å². The Hall–Kier alpha value is -6.54. The third-order valence-corrected chi connectivity index (χ3v) is 11.1. The Morgan fingerprint density at radius 1 is 0.870 bits per heavy atom. The van der Waals surface area contributed by atoms with Crippen LogP contribution >= 0.6 is 0 Å². The van der Waals surface area contributed by atoms with Crippen molar-refractivity contribution in [2.45, 2.75) is 43.7 Å². The Bertz CT molecular complexity index is 2460. The van der Waals surface area contributed by atoms with Gasteiger partial charge in [0.25, 0.3) is 21.8 Å². The second kappa shape index (κ2) is 15.2. The average molecular weight is 748 g/mol. The van der Waals surface area contributed by atoms with E-state index in [1.165, 1.54) is 25.4 Å². The number of aromatic carboxylic acids is 1. The number of benzene rings is 4. The Kier molecular flexibility index (Phi) is 10.5. The lowest BCUT2D eigenvalue weighted by Crippen LogP contribution is -2.58. The molecule has 0 aliphatic heterocycles. The summed E-state index contributed by atoms with van der Waals surface area (Å²) < 4.78 is 35.3. The minimum Gasteiger partial charge on any atom is -0.478 e. The van der Waals surface area contributed by atoms with Crippen LogP contribution in [0.15, 0.2) is 119 Å². The number of H-pyrrole nitrogens is 1. The van der Waals surface area contributed by atoms with Crippen LogP contribution < -0.4 is 5.73 Å². The molecule has 0 bridgehead atoms. The van der Waals surface area contributed by atoms with Crippen molar-refractivity contribution in [3.63, 3.8) is 0 Å². The minimum absolute atomic E-state index is 0.201. The summed E-state index contributed by atoms with van der Waals surface area (Å²) in [6.45, 7) is 3.64. The molecule has 2 atom stereocenters. The number of fused-ring (bicyclic) bond motifs is 1. The van der Waals surface area contributed by atoms with E-state index in [9.17, 15) is 27.9 Å². The van der Waals surface area contributed by atoms with Crippen molar-refractivity contribution in [2.75, 3.05) is 7.05 Å². The maximum absolute atomic E-state index is 15.2. The van der Waals surface area contributed by atoms with E-state index in [0.717, 1.165) is 28.2 Å². The van der Waals surface area contributed by atoms with Gasteiger partial charge in [0, 0.05) is 54.2 Å². The predicted octanol–water partition coefficient (Wildman–Crippen LogP) is 5.14. The van der Waals surface area contributed by atoms with Gasteiger partial charge in [-0.1, -0.05) is 76.9 Å². The van der Waals surface area contributed by atoms with Crippen LogP contribution in [0, 0.1) is 13.8 Å². The highest BCUT2D eigenvalue weighted by atomic mass is 32.2. The van der Waals surface area contributed by atoms with E-state index in [2.05, 4.69) is 10.1 Å². The van der Waals surface area contributed by atoms with E-state index in [1.54, 1.807) is 72.9 Å². The summed E-state index contributed by atoms with van der Waals surface area (Å²) >= 11 is 0. The van der Waals surface area contributed by atoms with Crippen molar-refractivity contribution in [1.29, 1.82) is 0 Å². The van der Waals surface area contributed by atoms with Gasteiger partial charge in [0.1, 0.15) is 17.0 Å². The van der Waals surface area contributed by atoms with Crippen molar-refractivity contribution in [2.24, 2.45) is 5.73 Å². The number of aromatic amines is 1. The summed E-state index contributed by atoms with van der Waals surface area (Å²) in [5.41, 5.74) is 9.57. The number of nitrogens with zero attached hydrogens (tertiary/aromatic N) is 3. The molecule has 0 radical (unpaired) electrons. The number of aryl methyl sites for hydroxylation is 2. The van der Waals surface area contributed by atoms with Crippen LogP contribution in [0.3, 0.4) is 0 Å². The number of aromatic nitrogens is 2. The highest BCUT2D eigenvalue weighted by molar-refractivity contribution is 7.89. The number of para-hydroxylation sites is 1. The van der Waals surface area contributed by atoms with Crippen molar-refractivity contribution in [1.82, 2.24) is 19.3 Å². The molecule has 0 aliphatic rings. The summed E-state index contributed by atoms with van der Waals surface area (Å²) in [5, 5.41) is 14.4. The molecule has 0 saturated carbocycles. The lowest BCUT2D eigenvalue weighted by molar-refractivity contribution is -0.137. The summed E-state index contributed by atoms with van der Waals surface area (Å²) in [4.78, 5) is 58.7. The van der Waals surface area contributed by atoms with Gasteiger partial charge in [-0.05, 0) is 55.3 Å². The van der Waals surface area contributed by atoms with E-state index >= 15 is 4.79 Å². The molecule has 2 heterocycles. The lowest BCUT2D eigenvalue weighted by atomic mass is 9.99. The Balaban J connectivity index is 1.51. The molecule has 54 heavy (non-hydrogen) atoms. The van der Waals surface area contributed by atoms with E-state index < -0.39 is 56.3 Å². The zero-order chi connectivity index (χ0) is 38.7. The molecule has 276 valence electrons. The number of nitrogens with one attached hydrogen (secondary N) is 1. The number of sulfonamides is 1. The second-order valence-corrected chi connectivity index (χ2v) is 14.8. The number of carboxylic acid groups (broad SMARTS) is 1. The van der Waals surface area contributed by atoms with Gasteiger partial charge in [0.05, 0.1) is 11.8 Å². The molecule has 6 aromatic rings. The molecule has 13 nitrogen and oxygen atoms in total. The molecule has 14 heteroatoms. The monoisotopic (exact) mass is 747 g/mol. The fourth-order valence-electron chi connectivity index (χ4n) is 6.59. The fourth-order valence-corrected chi connectivity index (χ4v) is 8.36. The maximum Gasteiger partial charge on any atom is 0.337 e. The molecule has 3 amide bonds. The van der Waals surface area contributed by atoms with E-state index in [0.29, 0.717) is 37.7 Å². The largest absolute Gasteiger partial charge is 0.478 e. The number of nitrogens with two attached hydrogens (primary N) is 1. The number of amides is 3. The van der Waals surface area contributed by atoms with Gasteiger partial charge < -0.3 is 25.2 Å². The van der Waals surface area contributed by atoms with Crippen LogP contribution in [0.2, 0.25) is 0 Å². The SMILES string of the molecule is Cc1cc(C)cc(C(=O)N(C)[C@@H](Cc2ccc(-c3ccno3)cc2)C(=O)N([C@@H](Cc2c[nH]c3ccccc23)C(N)=O)S(=O)(=O)c2ccccc2C(=O)O)c1. The summed E-state index contributed by atoms with van der Waals surface area (Å²) in [6.07, 6.45) is 2.53. The minimum atomic E-state index is -5.15. The number of hydrogen-bond acceptors (Lipinski definition) is 8. The van der Waals surface area contributed by atoms with Gasteiger partial charge in [-0.2, -0.15) is 0 Å². The first-order valence-electron chi connectivity index (χ1n) is 16.9. The molecule has 4 N–H and O–H groups in total. The number of hydrogen-bond donors (Lipinski definition) is 3. The predicted molar refractivity (Wildman–Crippen MR) is 200 cm³/mol. The zero-order valence-corrected chi connectivity index (χ0v) is 30.4. The molecule has 0 aliphatic carbocycles. The van der Waals surface area contributed by atoms with Gasteiger partial charge in [0.2, 0.25) is 5.91 Å². The smallest absolute Gasteiger partial charge is 0.337 e. The highest BCUT2D eigenvalue weighted by Gasteiger charge is 2.45. The molecule has 0 fully saturated rings. The zero-order valence-electron chi connectivity index (χ0n) is 29.6. The van der Waals surface area contributed by atoms with Crippen molar-refractivity contribution in [3.8, 4) is 11.3 Å². The quantitative estimate of drug-likeness (QED) is 0.143. The Labute approximate surface area is 311 Å². The fraction of sp³-hybridized carbons (Fsp3) is 0.175. The summed E-state index contributed by atoms with van der Waals surface area (Å²) in [6, 6.07) is 22.2. The second-order valence-electron chi connectivity index (χ2n) is 13.0. The normalized spacial score (nSPS) is 12.6. The van der Waals surface area contributed by atoms with Crippen LogP contribution in [0.4, 0.5) is 0 Å². The number of primary amides is 1. The molecule has 4 aromatic carbocycles. The van der Waals surface area contributed by atoms with Crippen LogP contribution in [0.1, 0.15) is 43.0 Å². The third-order valence-electron chi connectivity index (χ3n) is 9.22. The van der Waals surface area contributed by atoms with Gasteiger partial charge in [0.15, 0.2) is 5.76 Å². The number of carbonyl (C=O) groups is 4. The first-order valence-corrected chi connectivity index (χ1v) is 18.3. The maximum atomic E-state index is 15.2. The number of likely N-dealkylation sites (N-methyl/N-ethyl adjacent to an activating group) is 1. The standard InChI is InChI=1S/C40H37N5O8S/c1-24-18-25(2)20-28(19-24)38(47)44(3)34(21-26-12-14-27(15-13-26)35-16-17-43-53-35)39(48)45(54(51,52)36-11-7-5-9-31(36)40(49)50)33(37(41)46)22-29-23-42-32-10-6-4-8-30(29)32/h4-20,23,33-34,42H,21-22H2,1-3H3,(H2,41,46)(H,49,50)/t33-,34-/m0/s1. The van der Waals surface area contributed by atoms with E-state index in [1.807, 2.05) is 19.9 Å². The van der Waals surface area contributed by atoms with Crippen molar-refractivity contribution < 1.29 is 37.2 Å². The molecule has 0 unspecified atom stereocenters. The lowest BCUT2D eigenvalue weighted by Gasteiger charge is -2.35. The number of carboxylic acids is 1. The Morgan fingerprint density at radius 3 is 2.19 bits per heavy atom. The van der Waals surface area contributed by atoms with Crippen LogP contribution in [-0.2, 0) is 32.5 Å². The summed E-state index contributed by atoms with van der Waals surface area (Å²) in [7, 11) is -3.78. The average Bonchev–Trinajstić information content (AvgIpc) is 3.84. The van der Waals surface area contributed by atoms with E-state index in [-0.39, 0.29) is 18.4 Å². The Morgan fingerprint density at radius 2 is 1.54 bits per heavy atom. The van der Waals surface area contributed by atoms with Crippen molar-refractivity contribution in [3.05, 3.63) is 143 Å². The molecular weight excluding hydrogens is 711 g/mol. The van der Waals surface area contributed by atoms with Crippen LogP contribution in [0.5, 0.6) is 0 Å². The van der Waals surface area contributed by atoms with Gasteiger partial charge >= 0.3 is 5.97 Å². The topological polar surface area (TPSA) is 197 Å². The molecule has 2 aromatic heterocycles. The highest BCUT2D eigenvalue weighted by Crippen LogP contribution is 2.29. The first-order chi connectivity index (χ1) is 25.8. The summed E-state index contributed by atoms with van der Waals surface area (Å²) in [5.74, 6) is -4.00. The van der Waals surface area contributed by atoms with E-state index in [4.69, 9.17) is 10.3 Å². The number of rotatable bonds is 13. The van der Waals surface area contributed by atoms with Gasteiger partial charge in [-0.3, -0.25) is 14.4 Å². The third kappa shape index (κ3) is 7.50. The molecule has 0 spiro atoms.